The zero-order valence-electron chi connectivity index (χ0n) is 14.8. The molecule has 1 aromatic rings. The number of hydrogen-bond acceptors (Lipinski definition) is 8. The summed E-state index contributed by atoms with van der Waals surface area (Å²) in [7, 11) is -1.82. The molecule has 3 N–H and O–H groups in total. The molecule has 150 valence electrons. The first kappa shape index (κ1) is 21.5. The normalized spacial score (nSPS) is 24.2. The number of phosphoric ester groups is 1. The maximum atomic E-state index is 12.2. The van der Waals surface area contributed by atoms with Gasteiger partial charge in [-0.1, -0.05) is 11.8 Å². The second kappa shape index (κ2) is 9.43. The van der Waals surface area contributed by atoms with E-state index in [4.69, 9.17) is 19.1 Å². The Labute approximate surface area is 154 Å². The van der Waals surface area contributed by atoms with Crippen molar-refractivity contribution >= 4 is 7.82 Å². The van der Waals surface area contributed by atoms with E-state index in [-0.39, 0.29) is 31.6 Å². The maximum absolute atomic E-state index is 12.2. The Bertz CT molecular complexity index is 869. The smallest absolute Gasteiger partial charge is 0.395 e. The van der Waals surface area contributed by atoms with Crippen molar-refractivity contribution in [3.63, 3.8) is 0 Å². The van der Waals surface area contributed by atoms with E-state index in [9.17, 15) is 19.0 Å². The van der Waals surface area contributed by atoms with Crippen LogP contribution in [0.15, 0.2) is 15.8 Å². The van der Waals surface area contributed by atoms with Gasteiger partial charge < -0.3 is 19.5 Å². The van der Waals surface area contributed by atoms with Gasteiger partial charge in [0.15, 0.2) is 0 Å². The molecule has 1 fully saturated rings. The van der Waals surface area contributed by atoms with Crippen LogP contribution >= 0.6 is 7.82 Å². The summed E-state index contributed by atoms with van der Waals surface area (Å²) < 4.78 is 33.0. The Morgan fingerprint density at radius 1 is 1.44 bits per heavy atom. The number of ether oxygens (including phenoxy) is 2. The average Bonchev–Trinajstić information content (AvgIpc) is 2.99. The number of rotatable bonds is 7. The fourth-order valence-corrected chi connectivity index (χ4v) is 3.16. The molecule has 2 rings (SSSR count). The van der Waals surface area contributed by atoms with Gasteiger partial charge in [0.1, 0.15) is 24.0 Å². The van der Waals surface area contributed by atoms with Gasteiger partial charge in [0, 0.05) is 33.3 Å². The molecule has 1 aliphatic rings. The molecule has 0 aromatic carbocycles. The van der Waals surface area contributed by atoms with E-state index < -0.39 is 37.5 Å². The van der Waals surface area contributed by atoms with E-state index in [0.29, 0.717) is 0 Å². The zero-order valence-corrected chi connectivity index (χ0v) is 15.7. The van der Waals surface area contributed by atoms with Gasteiger partial charge >= 0.3 is 13.5 Å². The lowest BCUT2D eigenvalue weighted by Crippen LogP contribution is -2.33. The summed E-state index contributed by atoms with van der Waals surface area (Å²) in [5.41, 5.74) is -1.38. The Hall–Kier alpha value is -1.77. The number of H-pyrrole nitrogens is 1. The van der Waals surface area contributed by atoms with Crippen LogP contribution in [0.3, 0.4) is 0 Å². The van der Waals surface area contributed by atoms with Gasteiger partial charge in [0.05, 0.1) is 13.2 Å². The first-order chi connectivity index (χ1) is 12.8. The fraction of sp³-hybridized carbons (Fsp3) is 0.600. The minimum Gasteiger partial charge on any atom is -0.395 e. The number of aliphatic hydroxyl groups excluding tert-OH is 1. The third-order valence-electron chi connectivity index (χ3n) is 3.75. The maximum Gasteiger partial charge on any atom is 0.472 e. The molecule has 0 spiro atoms. The first-order valence-electron chi connectivity index (χ1n) is 7.97. The Morgan fingerprint density at radius 3 is 2.81 bits per heavy atom. The SMILES string of the molecule is COCC1O[C@@H](n2cc(C#CCCO)c(=O)[nH]c2=O)C[C@H]1OP(=O)(O)OC. The third-order valence-corrected chi connectivity index (χ3v) is 4.75. The van der Waals surface area contributed by atoms with Crippen molar-refractivity contribution in [1.82, 2.24) is 9.55 Å². The van der Waals surface area contributed by atoms with Crippen molar-refractivity contribution in [2.24, 2.45) is 0 Å². The molecule has 2 heterocycles. The van der Waals surface area contributed by atoms with Crippen LogP contribution in [0.25, 0.3) is 0 Å². The number of phosphoric acid groups is 1. The van der Waals surface area contributed by atoms with E-state index in [1.165, 1.54) is 13.3 Å². The second-order valence-corrected chi connectivity index (χ2v) is 7.11. The molecule has 27 heavy (non-hydrogen) atoms. The van der Waals surface area contributed by atoms with Crippen molar-refractivity contribution in [1.29, 1.82) is 0 Å². The molecule has 0 amide bonds. The highest BCUT2D eigenvalue weighted by atomic mass is 31.2. The van der Waals surface area contributed by atoms with Crippen molar-refractivity contribution in [2.75, 3.05) is 27.4 Å². The summed E-state index contributed by atoms with van der Waals surface area (Å²) in [5, 5.41) is 8.76. The number of aliphatic hydroxyl groups is 1. The Morgan fingerprint density at radius 2 is 2.19 bits per heavy atom. The monoisotopic (exact) mass is 404 g/mol. The molecule has 2 unspecified atom stereocenters. The number of nitrogens with zero attached hydrogens (tertiary/aromatic N) is 1. The quantitative estimate of drug-likeness (QED) is 0.397. The molecular formula is C15H21N2O9P. The van der Waals surface area contributed by atoms with Crippen LogP contribution in [0, 0.1) is 11.8 Å². The third kappa shape index (κ3) is 5.60. The second-order valence-electron chi connectivity index (χ2n) is 5.60. The molecule has 11 nitrogen and oxygen atoms in total. The first-order valence-corrected chi connectivity index (χ1v) is 9.47. The van der Waals surface area contributed by atoms with Crippen LogP contribution in [0.4, 0.5) is 0 Å². The topological polar surface area (TPSA) is 149 Å². The van der Waals surface area contributed by atoms with Crippen LogP contribution in [0.1, 0.15) is 24.6 Å². The van der Waals surface area contributed by atoms with Gasteiger partial charge in [0.25, 0.3) is 5.56 Å². The predicted molar refractivity (Wildman–Crippen MR) is 92.0 cm³/mol. The molecule has 0 saturated carbocycles. The highest BCUT2D eigenvalue weighted by Crippen LogP contribution is 2.47. The minimum absolute atomic E-state index is 0.0176. The van der Waals surface area contributed by atoms with E-state index >= 15 is 0 Å². The van der Waals surface area contributed by atoms with Crippen LogP contribution in [-0.4, -0.2) is 59.2 Å². The molecule has 0 radical (unpaired) electrons. The molecule has 1 saturated heterocycles. The largest absolute Gasteiger partial charge is 0.472 e. The number of aromatic amines is 1. The van der Waals surface area contributed by atoms with Gasteiger partial charge in [-0.15, -0.1) is 0 Å². The summed E-state index contributed by atoms with van der Waals surface area (Å²) in [5.74, 6) is 5.17. The summed E-state index contributed by atoms with van der Waals surface area (Å²) in [4.78, 5) is 35.7. The summed E-state index contributed by atoms with van der Waals surface area (Å²) in [6.07, 6.45) is -1.05. The standard InChI is InChI=1S/C15H21N2O9P/c1-23-9-12-11(26-27(21,22)24-2)7-13(25-12)17-8-10(5-3-4-6-18)14(19)16-15(17)20/h8,11-13,18H,4,6-7,9H2,1-2H3,(H,21,22)(H,16,19,20)/t11-,12?,13-/m1/s1. The van der Waals surface area contributed by atoms with E-state index in [1.54, 1.807) is 0 Å². The van der Waals surface area contributed by atoms with Gasteiger partial charge in [-0.05, 0) is 0 Å². The molecule has 0 bridgehead atoms. The van der Waals surface area contributed by atoms with Crippen LogP contribution in [0.5, 0.6) is 0 Å². The summed E-state index contributed by atoms with van der Waals surface area (Å²) >= 11 is 0. The molecular weight excluding hydrogens is 383 g/mol. The Kier molecular flexibility index (Phi) is 7.52. The highest BCUT2D eigenvalue weighted by molar-refractivity contribution is 7.47. The lowest BCUT2D eigenvalue weighted by molar-refractivity contribution is -0.0544. The van der Waals surface area contributed by atoms with Gasteiger partial charge in [-0.2, -0.15) is 0 Å². The predicted octanol–water partition coefficient (Wildman–Crippen LogP) is -0.664. The zero-order chi connectivity index (χ0) is 20.0. The number of hydrogen-bond donors (Lipinski definition) is 3. The lowest BCUT2D eigenvalue weighted by Gasteiger charge is -2.19. The average molecular weight is 404 g/mol. The number of methoxy groups -OCH3 is 1. The van der Waals surface area contributed by atoms with Crippen molar-refractivity contribution in [3.05, 3.63) is 32.6 Å². The van der Waals surface area contributed by atoms with E-state index in [1.807, 2.05) is 0 Å². The van der Waals surface area contributed by atoms with Crippen LogP contribution in [0.2, 0.25) is 0 Å². The van der Waals surface area contributed by atoms with Crippen molar-refractivity contribution in [2.45, 2.75) is 31.3 Å². The summed E-state index contributed by atoms with van der Waals surface area (Å²) in [6, 6.07) is 0. The number of nitrogens with one attached hydrogen (secondary N) is 1. The van der Waals surface area contributed by atoms with Crippen LogP contribution < -0.4 is 11.2 Å². The Balaban J connectivity index is 2.31. The van der Waals surface area contributed by atoms with Gasteiger partial charge in [0.2, 0.25) is 0 Å². The van der Waals surface area contributed by atoms with Crippen molar-refractivity contribution < 1.29 is 33.1 Å². The molecule has 0 aliphatic carbocycles. The van der Waals surface area contributed by atoms with Crippen LogP contribution in [-0.2, 0) is 23.1 Å². The number of aromatic nitrogens is 2. The van der Waals surface area contributed by atoms with E-state index in [2.05, 4.69) is 21.3 Å². The molecule has 1 aliphatic heterocycles. The molecule has 12 heteroatoms. The minimum atomic E-state index is -4.28. The highest BCUT2D eigenvalue weighted by Gasteiger charge is 2.41. The lowest BCUT2D eigenvalue weighted by atomic mass is 10.2. The fourth-order valence-electron chi connectivity index (χ4n) is 2.51. The molecule has 1 aromatic heterocycles. The van der Waals surface area contributed by atoms with Gasteiger partial charge in [-0.3, -0.25) is 23.4 Å². The molecule has 4 atom stereocenters. The van der Waals surface area contributed by atoms with Gasteiger partial charge in [-0.25, -0.2) is 9.36 Å². The summed E-state index contributed by atoms with van der Waals surface area (Å²) in [6.45, 7) is -0.110. The van der Waals surface area contributed by atoms with Crippen molar-refractivity contribution in [3.8, 4) is 11.8 Å². The van der Waals surface area contributed by atoms with E-state index in [0.717, 1.165) is 11.7 Å².